The number of hydrogen-bond donors (Lipinski definition) is 3. The molecule has 4 rings (SSSR count). The normalized spacial score (nSPS) is 20.6. The molecule has 2 amide bonds. The largest absolute Gasteiger partial charge is 0.490 e. The minimum atomic E-state index is -5.08. The van der Waals surface area contributed by atoms with Crippen molar-refractivity contribution in [3.63, 3.8) is 0 Å². The number of carbonyl (C=O) groups is 3. The molecule has 2 heterocycles. The van der Waals surface area contributed by atoms with Crippen molar-refractivity contribution in [2.45, 2.75) is 57.0 Å². The monoisotopic (exact) mass is 453 g/mol. The van der Waals surface area contributed by atoms with E-state index in [1.807, 2.05) is 23.1 Å². The lowest BCUT2D eigenvalue weighted by Gasteiger charge is -2.28. The second-order valence-corrected chi connectivity index (χ2v) is 8.21. The summed E-state index contributed by atoms with van der Waals surface area (Å²) in [4.78, 5) is 35.5. The highest BCUT2D eigenvalue weighted by Gasteiger charge is 2.38. The molecule has 174 valence electrons. The highest BCUT2D eigenvalue weighted by Crippen LogP contribution is 2.34. The molecule has 0 radical (unpaired) electrons. The van der Waals surface area contributed by atoms with E-state index in [2.05, 4.69) is 22.8 Å². The summed E-state index contributed by atoms with van der Waals surface area (Å²) in [5.74, 6) is -1.99. The third kappa shape index (κ3) is 6.81. The van der Waals surface area contributed by atoms with E-state index in [9.17, 15) is 22.8 Å². The van der Waals surface area contributed by atoms with Crippen LogP contribution < -0.4 is 10.6 Å². The van der Waals surface area contributed by atoms with Crippen LogP contribution >= 0.6 is 0 Å². The van der Waals surface area contributed by atoms with Crippen LogP contribution in [0.3, 0.4) is 0 Å². The van der Waals surface area contributed by atoms with E-state index in [-0.39, 0.29) is 23.9 Å². The summed E-state index contributed by atoms with van der Waals surface area (Å²) in [6.45, 7) is 2.26. The van der Waals surface area contributed by atoms with Gasteiger partial charge in [0.25, 0.3) is 0 Å². The maximum atomic E-state index is 12.5. The molecular formula is C22H26F3N3O4. The Kier molecular flexibility index (Phi) is 7.55. The number of hydrogen-bond acceptors (Lipinski definition) is 4. The average Bonchev–Trinajstić information content (AvgIpc) is 3.38. The summed E-state index contributed by atoms with van der Waals surface area (Å²) in [5, 5.41) is 13.3. The van der Waals surface area contributed by atoms with E-state index in [1.54, 1.807) is 6.08 Å². The number of rotatable bonds is 6. The first-order valence-electron chi connectivity index (χ1n) is 10.5. The van der Waals surface area contributed by atoms with Crippen molar-refractivity contribution < 1.29 is 32.7 Å². The minimum absolute atomic E-state index is 0.0213. The number of carbonyl (C=O) groups excluding carboxylic acids is 2. The van der Waals surface area contributed by atoms with Crippen LogP contribution in [0, 0.1) is 5.92 Å². The summed E-state index contributed by atoms with van der Waals surface area (Å²) in [6.07, 6.45) is 2.75. The Labute approximate surface area is 183 Å². The molecule has 3 aliphatic rings. The first-order chi connectivity index (χ1) is 15.1. The molecule has 3 N–H and O–H groups in total. The Morgan fingerprint density at radius 3 is 2.16 bits per heavy atom. The molecule has 1 saturated carbocycles. The van der Waals surface area contributed by atoms with Gasteiger partial charge < -0.3 is 20.6 Å². The zero-order chi connectivity index (χ0) is 23.3. The predicted octanol–water partition coefficient (Wildman–Crippen LogP) is 2.37. The SMILES string of the molecule is O=C(N[C@H](/C=C/C(=O)N1Cc2ccccc2C1)CC1CC1)[C@@H]1CCN1.O=C(O)C(F)(F)F. The van der Waals surface area contributed by atoms with Gasteiger partial charge >= 0.3 is 12.1 Å². The fourth-order valence-corrected chi connectivity index (χ4v) is 3.49. The third-order valence-corrected chi connectivity index (χ3v) is 5.62. The van der Waals surface area contributed by atoms with Crippen molar-refractivity contribution in [2.24, 2.45) is 5.92 Å². The van der Waals surface area contributed by atoms with E-state index in [1.165, 1.54) is 24.0 Å². The lowest BCUT2D eigenvalue weighted by atomic mass is 10.0. The topological polar surface area (TPSA) is 98.7 Å². The van der Waals surface area contributed by atoms with Crippen LogP contribution in [0.5, 0.6) is 0 Å². The lowest BCUT2D eigenvalue weighted by Crippen LogP contribution is -2.54. The number of nitrogens with one attached hydrogen (secondary N) is 2. The molecule has 0 unspecified atom stereocenters. The zero-order valence-corrected chi connectivity index (χ0v) is 17.4. The van der Waals surface area contributed by atoms with Crippen molar-refractivity contribution >= 4 is 17.8 Å². The Balaban J connectivity index is 0.000000360. The van der Waals surface area contributed by atoms with Gasteiger partial charge in [0.2, 0.25) is 11.8 Å². The first kappa shape index (κ1) is 23.8. The highest BCUT2D eigenvalue weighted by atomic mass is 19.4. The molecule has 2 atom stereocenters. The highest BCUT2D eigenvalue weighted by molar-refractivity contribution is 5.88. The van der Waals surface area contributed by atoms with Crippen molar-refractivity contribution in [2.75, 3.05) is 6.54 Å². The maximum absolute atomic E-state index is 12.5. The number of nitrogens with zero attached hydrogens (tertiary/aromatic N) is 1. The summed E-state index contributed by atoms with van der Waals surface area (Å²) in [5.41, 5.74) is 2.45. The maximum Gasteiger partial charge on any atom is 0.490 e. The second kappa shape index (κ2) is 10.2. The number of amides is 2. The van der Waals surface area contributed by atoms with Crippen molar-refractivity contribution in [1.29, 1.82) is 0 Å². The van der Waals surface area contributed by atoms with Gasteiger partial charge in [0, 0.05) is 25.2 Å². The van der Waals surface area contributed by atoms with Crippen molar-refractivity contribution in [3.05, 3.63) is 47.5 Å². The fraction of sp³-hybridized carbons (Fsp3) is 0.500. The van der Waals surface area contributed by atoms with Gasteiger partial charge in [-0.25, -0.2) is 4.79 Å². The molecule has 1 aromatic rings. The molecule has 32 heavy (non-hydrogen) atoms. The van der Waals surface area contributed by atoms with Crippen LogP contribution in [0.4, 0.5) is 13.2 Å². The van der Waals surface area contributed by atoms with Gasteiger partial charge in [-0.2, -0.15) is 13.2 Å². The number of alkyl halides is 3. The van der Waals surface area contributed by atoms with E-state index in [0.717, 1.165) is 19.4 Å². The standard InChI is InChI=1S/C20H25N3O2.C2HF3O2/c24-19(23-12-15-3-1-2-4-16(15)13-23)8-7-17(11-14-5-6-14)22-20(25)18-9-10-21-18;3-2(4,5)1(6)7/h1-4,7-8,14,17-18,21H,5-6,9-13H2,(H,22,25);(H,6,7)/b8-7+;/t17-,18+;/m1./s1. The Bertz CT molecular complexity index is 854. The van der Waals surface area contributed by atoms with E-state index in [0.29, 0.717) is 19.0 Å². The quantitative estimate of drug-likeness (QED) is 0.575. The Hall–Kier alpha value is -2.88. The van der Waals surface area contributed by atoms with Gasteiger partial charge in [-0.3, -0.25) is 9.59 Å². The van der Waals surface area contributed by atoms with Crippen LogP contribution in [0.15, 0.2) is 36.4 Å². The summed E-state index contributed by atoms with van der Waals surface area (Å²) in [7, 11) is 0. The van der Waals surface area contributed by atoms with Crippen LogP contribution in [0.1, 0.15) is 36.8 Å². The number of benzene rings is 1. The Morgan fingerprint density at radius 1 is 1.16 bits per heavy atom. The average molecular weight is 453 g/mol. The number of halogens is 3. The van der Waals surface area contributed by atoms with Crippen molar-refractivity contribution in [3.8, 4) is 0 Å². The van der Waals surface area contributed by atoms with E-state index < -0.39 is 12.1 Å². The van der Waals surface area contributed by atoms with Gasteiger partial charge in [0.15, 0.2) is 0 Å². The Morgan fingerprint density at radius 2 is 1.72 bits per heavy atom. The minimum Gasteiger partial charge on any atom is -0.475 e. The predicted molar refractivity (Wildman–Crippen MR) is 109 cm³/mol. The molecule has 1 aliphatic carbocycles. The molecular weight excluding hydrogens is 427 g/mol. The van der Waals surface area contributed by atoms with Gasteiger partial charge in [0.05, 0.1) is 6.04 Å². The molecule has 1 saturated heterocycles. The van der Waals surface area contributed by atoms with Gasteiger partial charge in [-0.15, -0.1) is 0 Å². The number of carboxylic acids is 1. The first-order valence-corrected chi connectivity index (χ1v) is 10.5. The zero-order valence-electron chi connectivity index (χ0n) is 17.4. The fourth-order valence-electron chi connectivity index (χ4n) is 3.49. The molecule has 1 aromatic carbocycles. The summed E-state index contributed by atoms with van der Waals surface area (Å²) in [6, 6.07) is 8.08. The van der Waals surface area contributed by atoms with Gasteiger partial charge in [-0.1, -0.05) is 43.2 Å². The van der Waals surface area contributed by atoms with Crippen LogP contribution in [0.2, 0.25) is 0 Å². The molecule has 0 spiro atoms. The summed E-state index contributed by atoms with van der Waals surface area (Å²) < 4.78 is 31.7. The second-order valence-electron chi connectivity index (χ2n) is 8.21. The molecule has 2 aliphatic heterocycles. The summed E-state index contributed by atoms with van der Waals surface area (Å²) >= 11 is 0. The van der Waals surface area contributed by atoms with Crippen LogP contribution in [0.25, 0.3) is 0 Å². The van der Waals surface area contributed by atoms with Gasteiger partial charge in [0.1, 0.15) is 0 Å². The molecule has 2 fully saturated rings. The lowest BCUT2D eigenvalue weighted by molar-refractivity contribution is -0.192. The van der Waals surface area contributed by atoms with Crippen molar-refractivity contribution in [1.82, 2.24) is 15.5 Å². The number of fused-ring (bicyclic) bond motifs is 1. The molecule has 0 aromatic heterocycles. The van der Waals surface area contributed by atoms with Gasteiger partial charge in [-0.05, 0) is 36.4 Å². The van der Waals surface area contributed by atoms with E-state index >= 15 is 0 Å². The third-order valence-electron chi connectivity index (χ3n) is 5.62. The molecule has 0 bridgehead atoms. The van der Waals surface area contributed by atoms with E-state index in [4.69, 9.17) is 9.90 Å². The molecule has 10 heteroatoms. The van der Waals surface area contributed by atoms with Crippen LogP contribution in [-0.4, -0.2) is 52.6 Å². The number of carboxylic acid groups (broad SMARTS) is 1. The van der Waals surface area contributed by atoms with Crippen LogP contribution in [-0.2, 0) is 27.5 Å². The number of aliphatic carboxylic acids is 1. The smallest absolute Gasteiger partial charge is 0.475 e. The molecule has 7 nitrogen and oxygen atoms in total.